The minimum Gasteiger partial charge on any atom is -0.505 e. The van der Waals surface area contributed by atoms with Crippen LogP contribution in [0.4, 0.5) is 4.39 Å². The minimum absolute atomic E-state index is 0.0738. The minimum atomic E-state index is -0.642. The van der Waals surface area contributed by atoms with E-state index in [9.17, 15) is 14.3 Å². The zero-order valence-corrected chi connectivity index (χ0v) is 10.7. The first-order chi connectivity index (χ1) is 8.54. The summed E-state index contributed by atoms with van der Waals surface area (Å²) < 4.78 is 13.1. The van der Waals surface area contributed by atoms with Crippen LogP contribution < -0.4 is 5.32 Å². The third-order valence-electron chi connectivity index (χ3n) is 2.50. The molecule has 0 aromatic heterocycles. The van der Waals surface area contributed by atoms with E-state index in [0.717, 1.165) is 6.42 Å². The average Bonchev–Trinajstić information content (AvgIpc) is 2.32. The Bertz CT molecular complexity index is 410. The van der Waals surface area contributed by atoms with E-state index >= 15 is 0 Å². The van der Waals surface area contributed by atoms with Crippen molar-refractivity contribution in [2.45, 2.75) is 19.9 Å². The molecule has 100 valence electrons. The van der Waals surface area contributed by atoms with E-state index in [0.29, 0.717) is 18.7 Å². The molecule has 5 heteroatoms. The van der Waals surface area contributed by atoms with Gasteiger partial charge in [-0.15, -0.1) is 0 Å². The molecule has 18 heavy (non-hydrogen) atoms. The number of phenols is 1. The van der Waals surface area contributed by atoms with Gasteiger partial charge in [0.1, 0.15) is 0 Å². The van der Waals surface area contributed by atoms with Gasteiger partial charge in [0.05, 0.1) is 6.54 Å². The van der Waals surface area contributed by atoms with Crippen LogP contribution >= 0.6 is 0 Å². The highest BCUT2D eigenvalue weighted by atomic mass is 19.1. The van der Waals surface area contributed by atoms with E-state index in [-0.39, 0.29) is 18.2 Å². The molecule has 0 fully saturated rings. The number of aromatic hydroxyl groups is 1. The quantitative estimate of drug-likeness (QED) is 0.808. The maximum Gasteiger partial charge on any atom is 0.234 e. The van der Waals surface area contributed by atoms with Gasteiger partial charge in [-0.25, -0.2) is 4.39 Å². The Labute approximate surface area is 106 Å². The van der Waals surface area contributed by atoms with Crippen molar-refractivity contribution in [2.75, 3.05) is 20.1 Å². The molecule has 0 saturated heterocycles. The number of carbonyl (C=O) groups excluding carboxylic acids is 1. The molecule has 0 aliphatic heterocycles. The van der Waals surface area contributed by atoms with Gasteiger partial charge in [-0.1, -0.05) is 19.1 Å². The number of rotatable bonds is 6. The number of phenolic OH excluding ortho intramolecular Hbond substituents is 1. The van der Waals surface area contributed by atoms with E-state index < -0.39 is 5.82 Å². The Morgan fingerprint density at radius 2 is 2.22 bits per heavy atom. The highest BCUT2D eigenvalue weighted by molar-refractivity contribution is 5.77. The van der Waals surface area contributed by atoms with Crippen LogP contribution in [0.25, 0.3) is 0 Å². The highest BCUT2D eigenvalue weighted by Crippen LogP contribution is 2.21. The molecule has 0 aliphatic rings. The summed E-state index contributed by atoms with van der Waals surface area (Å²) in [5.74, 6) is -1.06. The van der Waals surface area contributed by atoms with Gasteiger partial charge in [0.2, 0.25) is 5.91 Å². The summed E-state index contributed by atoms with van der Waals surface area (Å²) in [5.41, 5.74) is 0.473. The van der Waals surface area contributed by atoms with Crippen molar-refractivity contribution in [3.05, 3.63) is 29.6 Å². The fourth-order valence-corrected chi connectivity index (χ4v) is 1.60. The Kier molecular flexibility index (Phi) is 5.58. The van der Waals surface area contributed by atoms with Crippen molar-refractivity contribution in [1.82, 2.24) is 10.2 Å². The van der Waals surface area contributed by atoms with E-state index in [1.54, 1.807) is 18.0 Å². The zero-order chi connectivity index (χ0) is 13.5. The van der Waals surface area contributed by atoms with Crippen LogP contribution in [0.1, 0.15) is 18.9 Å². The number of carbonyl (C=O) groups is 1. The van der Waals surface area contributed by atoms with Crippen molar-refractivity contribution < 1.29 is 14.3 Å². The van der Waals surface area contributed by atoms with Gasteiger partial charge in [0.15, 0.2) is 11.6 Å². The SMILES string of the molecule is CCCNC(=O)CN(C)Cc1cccc(F)c1O. The average molecular weight is 254 g/mol. The number of amides is 1. The van der Waals surface area contributed by atoms with Gasteiger partial charge >= 0.3 is 0 Å². The van der Waals surface area contributed by atoms with Gasteiger partial charge in [0.25, 0.3) is 0 Å². The summed E-state index contributed by atoms with van der Waals surface area (Å²) in [6.45, 7) is 3.17. The van der Waals surface area contributed by atoms with E-state index in [1.807, 2.05) is 6.92 Å². The molecule has 0 aliphatic carbocycles. The fraction of sp³-hybridized carbons (Fsp3) is 0.462. The number of nitrogens with one attached hydrogen (secondary N) is 1. The van der Waals surface area contributed by atoms with Crippen molar-refractivity contribution >= 4 is 5.91 Å². The molecule has 0 saturated carbocycles. The van der Waals surface area contributed by atoms with Crippen LogP contribution in [0, 0.1) is 5.82 Å². The lowest BCUT2D eigenvalue weighted by molar-refractivity contribution is -0.122. The summed E-state index contributed by atoms with van der Waals surface area (Å²) in [6, 6.07) is 4.38. The molecule has 0 spiro atoms. The highest BCUT2D eigenvalue weighted by Gasteiger charge is 2.11. The summed E-state index contributed by atoms with van der Waals surface area (Å²) in [5, 5.41) is 12.3. The summed E-state index contributed by atoms with van der Waals surface area (Å²) >= 11 is 0. The largest absolute Gasteiger partial charge is 0.505 e. The third-order valence-corrected chi connectivity index (χ3v) is 2.50. The zero-order valence-electron chi connectivity index (χ0n) is 10.7. The van der Waals surface area contributed by atoms with Crippen LogP contribution in [0.3, 0.4) is 0 Å². The molecular weight excluding hydrogens is 235 g/mol. The first kappa shape index (κ1) is 14.4. The monoisotopic (exact) mass is 254 g/mol. The van der Waals surface area contributed by atoms with E-state index in [2.05, 4.69) is 5.32 Å². The summed E-state index contributed by atoms with van der Waals surface area (Å²) in [4.78, 5) is 13.2. The second-order valence-electron chi connectivity index (χ2n) is 4.27. The van der Waals surface area contributed by atoms with Crippen LogP contribution in [0.2, 0.25) is 0 Å². The molecule has 1 rings (SSSR count). The second-order valence-corrected chi connectivity index (χ2v) is 4.27. The molecule has 0 atom stereocenters. The number of benzene rings is 1. The summed E-state index contributed by atoms with van der Waals surface area (Å²) in [7, 11) is 1.75. The smallest absolute Gasteiger partial charge is 0.234 e. The standard InChI is InChI=1S/C13H19FN2O2/c1-3-7-15-12(17)9-16(2)8-10-5-4-6-11(14)13(10)18/h4-6,18H,3,7-9H2,1-2H3,(H,15,17). The molecule has 0 radical (unpaired) electrons. The number of likely N-dealkylation sites (N-methyl/N-ethyl adjacent to an activating group) is 1. The number of hydrogen-bond donors (Lipinski definition) is 2. The van der Waals surface area contributed by atoms with Gasteiger partial charge in [-0.2, -0.15) is 0 Å². The van der Waals surface area contributed by atoms with Gasteiger partial charge in [-0.3, -0.25) is 9.69 Å². The molecule has 1 aromatic carbocycles. The number of hydrogen-bond acceptors (Lipinski definition) is 3. The van der Waals surface area contributed by atoms with Gasteiger partial charge in [-0.05, 0) is 19.5 Å². The maximum atomic E-state index is 13.1. The lowest BCUT2D eigenvalue weighted by atomic mass is 10.2. The van der Waals surface area contributed by atoms with Crippen LogP contribution in [-0.2, 0) is 11.3 Å². The lowest BCUT2D eigenvalue weighted by Gasteiger charge is -2.17. The molecule has 1 aromatic rings. The lowest BCUT2D eigenvalue weighted by Crippen LogP contribution is -2.35. The van der Waals surface area contributed by atoms with E-state index in [4.69, 9.17) is 0 Å². The normalized spacial score (nSPS) is 10.7. The molecule has 2 N–H and O–H groups in total. The predicted octanol–water partition coefficient (Wildman–Crippen LogP) is 1.49. The Morgan fingerprint density at radius 3 is 2.89 bits per heavy atom. The van der Waals surface area contributed by atoms with Crippen LogP contribution in [0.15, 0.2) is 18.2 Å². The van der Waals surface area contributed by atoms with Crippen LogP contribution in [0.5, 0.6) is 5.75 Å². The van der Waals surface area contributed by atoms with Crippen LogP contribution in [-0.4, -0.2) is 36.1 Å². The topological polar surface area (TPSA) is 52.6 Å². The predicted molar refractivity (Wildman–Crippen MR) is 67.7 cm³/mol. The molecule has 0 bridgehead atoms. The van der Waals surface area contributed by atoms with Gasteiger partial charge in [0, 0.05) is 18.7 Å². The fourth-order valence-electron chi connectivity index (χ4n) is 1.60. The van der Waals surface area contributed by atoms with Gasteiger partial charge < -0.3 is 10.4 Å². The number of nitrogens with zero attached hydrogens (tertiary/aromatic N) is 1. The summed E-state index contributed by atoms with van der Waals surface area (Å²) in [6.07, 6.45) is 0.889. The Hall–Kier alpha value is -1.62. The molecule has 1 amide bonds. The Balaban J connectivity index is 2.51. The number of halogens is 1. The van der Waals surface area contributed by atoms with Crippen molar-refractivity contribution in [2.24, 2.45) is 0 Å². The first-order valence-corrected chi connectivity index (χ1v) is 5.96. The van der Waals surface area contributed by atoms with E-state index in [1.165, 1.54) is 12.1 Å². The van der Waals surface area contributed by atoms with Crippen molar-refractivity contribution in [1.29, 1.82) is 0 Å². The second kappa shape index (κ2) is 6.96. The number of para-hydroxylation sites is 1. The Morgan fingerprint density at radius 1 is 1.50 bits per heavy atom. The van der Waals surface area contributed by atoms with Crippen molar-refractivity contribution in [3.8, 4) is 5.75 Å². The molecule has 4 nitrogen and oxygen atoms in total. The molecule has 0 unspecified atom stereocenters. The molecule has 0 heterocycles. The first-order valence-electron chi connectivity index (χ1n) is 5.96. The molecular formula is C13H19FN2O2. The third kappa shape index (κ3) is 4.33. The van der Waals surface area contributed by atoms with Crippen molar-refractivity contribution in [3.63, 3.8) is 0 Å². The maximum absolute atomic E-state index is 13.1.